The summed E-state index contributed by atoms with van der Waals surface area (Å²) in [5, 5.41) is 0. The normalized spacial score (nSPS) is 11.1. The molecule has 21 heavy (non-hydrogen) atoms. The van der Waals surface area contributed by atoms with Gasteiger partial charge >= 0.3 is 0 Å². The third-order valence-electron chi connectivity index (χ3n) is 2.62. The van der Waals surface area contributed by atoms with E-state index in [1.165, 1.54) is 18.2 Å². The number of nitrogens with one attached hydrogen (secondary N) is 1. The van der Waals surface area contributed by atoms with Crippen molar-refractivity contribution < 1.29 is 13.2 Å². The van der Waals surface area contributed by atoms with Crippen molar-refractivity contribution in [3.63, 3.8) is 0 Å². The Balaban J connectivity index is 2.45. The average molecular weight is 434 g/mol. The summed E-state index contributed by atoms with van der Waals surface area (Å²) in [4.78, 5) is 11.4. The van der Waals surface area contributed by atoms with E-state index in [0.717, 1.165) is 4.47 Å². The summed E-state index contributed by atoms with van der Waals surface area (Å²) in [5.41, 5.74) is 5.48. The summed E-state index contributed by atoms with van der Waals surface area (Å²) in [6, 6.07) is 10.8. The second-order valence-corrected chi connectivity index (χ2v) is 7.51. The third kappa shape index (κ3) is 3.63. The smallest absolute Gasteiger partial charge is 0.263 e. The van der Waals surface area contributed by atoms with Crippen molar-refractivity contribution in [3.05, 3.63) is 57.0 Å². The van der Waals surface area contributed by atoms with Crippen LogP contribution in [0.25, 0.3) is 0 Å². The van der Waals surface area contributed by atoms with Gasteiger partial charge in [-0.25, -0.2) is 8.42 Å². The van der Waals surface area contributed by atoms with E-state index in [-0.39, 0.29) is 16.1 Å². The van der Waals surface area contributed by atoms with Gasteiger partial charge in [0, 0.05) is 8.95 Å². The highest BCUT2D eigenvalue weighted by Crippen LogP contribution is 2.28. The average Bonchev–Trinajstić information content (AvgIpc) is 2.37. The first-order chi connectivity index (χ1) is 9.81. The number of halogens is 2. The topological polar surface area (TPSA) is 89.3 Å². The van der Waals surface area contributed by atoms with Crippen LogP contribution in [-0.2, 0) is 10.0 Å². The molecule has 2 aromatic carbocycles. The Kier molecular flexibility index (Phi) is 4.70. The first-order valence-corrected chi connectivity index (χ1v) is 8.75. The van der Waals surface area contributed by atoms with Gasteiger partial charge in [0.2, 0.25) is 0 Å². The van der Waals surface area contributed by atoms with Crippen LogP contribution < -0.4 is 10.5 Å². The highest BCUT2D eigenvalue weighted by Gasteiger charge is 2.20. The zero-order valence-electron chi connectivity index (χ0n) is 10.5. The number of primary amides is 1. The van der Waals surface area contributed by atoms with Crippen molar-refractivity contribution in [2.45, 2.75) is 4.90 Å². The first kappa shape index (κ1) is 16.0. The van der Waals surface area contributed by atoms with Crippen LogP contribution in [0.15, 0.2) is 56.3 Å². The Morgan fingerprint density at radius 3 is 2.38 bits per heavy atom. The zero-order valence-corrected chi connectivity index (χ0v) is 14.5. The molecule has 0 saturated heterocycles. The quantitative estimate of drug-likeness (QED) is 0.776. The van der Waals surface area contributed by atoms with Gasteiger partial charge in [-0.2, -0.15) is 0 Å². The van der Waals surface area contributed by atoms with Gasteiger partial charge in [-0.1, -0.05) is 28.1 Å². The van der Waals surface area contributed by atoms with Gasteiger partial charge in [-0.15, -0.1) is 0 Å². The Morgan fingerprint density at radius 1 is 1.10 bits per heavy atom. The fourth-order valence-electron chi connectivity index (χ4n) is 1.68. The molecule has 2 aromatic rings. The van der Waals surface area contributed by atoms with Gasteiger partial charge in [-0.05, 0) is 46.3 Å². The number of sulfonamides is 1. The lowest BCUT2D eigenvalue weighted by molar-refractivity contribution is 0.100. The maximum atomic E-state index is 12.4. The molecule has 0 spiro atoms. The number of benzene rings is 2. The Hall–Kier alpha value is -1.38. The largest absolute Gasteiger partial charge is 0.366 e. The molecular formula is C13H10Br2N2O3S. The van der Waals surface area contributed by atoms with Crippen molar-refractivity contribution in [3.8, 4) is 0 Å². The van der Waals surface area contributed by atoms with Crippen LogP contribution in [0.4, 0.5) is 5.69 Å². The van der Waals surface area contributed by atoms with E-state index in [2.05, 4.69) is 36.6 Å². The number of hydrogen-bond acceptors (Lipinski definition) is 3. The lowest BCUT2D eigenvalue weighted by Crippen LogP contribution is -2.18. The number of nitrogens with two attached hydrogens (primary N) is 1. The molecule has 0 fully saturated rings. The number of para-hydroxylation sites is 1. The van der Waals surface area contributed by atoms with Crippen molar-refractivity contribution >= 4 is 53.5 Å². The van der Waals surface area contributed by atoms with E-state index in [4.69, 9.17) is 5.73 Å². The minimum atomic E-state index is -3.84. The number of amides is 1. The zero-order chi connectivity index (χ0) is 15.6. The lowest BCUT2D eigenvalue weighted by atomic mass is 10.2. The van der Waals surface area contributed by atoms with Crippen LogP contribution in [0, 0.1) is 0 Å². The Morgan fingerprint density at radius 2 is 1.76 bits per heavy atom. The number of carbonyl (C=O) groups excluding carboxylic acids is 1. The number of rotatable bonds is 4. The van der Waals surface area contributed by atoms with E-state index in [1.54, 1.807) is 24.3 Å². The fraction of sp³-hybridized carbons (Fsp3) is 0. The minimum Gasteiger partial charge on any atom is -0.366 e. The second kappa shape index (κ2) is 6.17. The lowest BCUT2D eigenvalue weighted by Gasteiger charge is -2.12. The standard InChI is InChI=1S/C13H10Br2N2O3S/c14-8-5-6-12(10(15)7-8)21(19,20)17-11-4-2-1-3-9(11)13(16)18/h1-7,17H,(H2,16,18). The maximum Gasteiger partial charge on any atom is 0.263 e. The van der Waals surface area contributed by atoms with Gasteiger partial charge in [0.1, 0.15) is 4.90 Å². The molecule has 0 atom stereocenters. The van der Waals surface area contributed by atoms with Crippen LogP contribution in [0.5, 0.6) is 0 Å². The molecule has 0 aliphatic rings. The summed E-state index contributed by atoms with van der Waals surface area (Å²) in [6.45, 7) is 0. The molecule has 5 nitrogen and oxygen atoms in total. The highest BCUT2D eigenvalue weighted by molar-refractivity contribution is 9.11. The van der Waals surface area contributed by atoms with Crippen LogP contribution in [0.3, 0.4) is 0 Å². The highest BCUT2D eigenvalue weighted by atomic mass is 79.9. The van der Waals surface area contributed by atoms with E-state index in [0.29, 0.717) is 4.47 Å². The molecule has 0 bridgehead atoms. The second-order valence-electron chi connectivity index (χ2n) is 4.09. The van der Waals surface area contributed by atoms with Crippen LogP contribution in [0.2, 0.25) is 0 Å². The van der Waals surface area contributed by atoms with Crippen molar-refractivity contribution in [1.82, 2.24) is 0 Å². The fourth-order valence-corrected chi connectivity index (χ4v) is 4.51. The summed E-state index contributed by atoms with van der Waals surface area (Å²) in [6.07, 6.45) is 0. The summed E-state index contributed by atoms with van der Waals surface area (Å²) >= 11 is 6.46. The van der Waals surface area contributed by atoms with Gasteiger partial charge < -0.3 is 5.73 Å². The number of carbonyl (C=O) groups is 1. The molecule has 8 heteroatoms. The van der Waals surface area contributed by atoms with Gasteiger partial charge in [0.15, 0.2) is 0 Å². The molecular weight excluding hydrogens is 424 g/mol. The molecule has 0 saturated carbocycles. The Labute approximate surface area is 138 Å². The third-order valence-corrected chi connectivity index (χ3v) is 5.46. The van der Waals surface area contributed by atoms with E-state index < -0.39 is 15.9 Å². The predicted octanol–water partition coefficient (Wildman–Crippen LogP) is 3.11. The minimum absolute atomic E-state index is 0.0602. The van der Waals surface area contributed by atoms with Crippen molar-refractivity contribution in [2.24, 2.45) is 5.73 Å². The first-order valence-electron chi connectivity index (χ1n) is 5.68. The van der Waals surface area contributed by atoms with Crippen molar-refractivity contribution in [1.29, 1.82) is 0 Å². The van der Waals surface area contributed by atoms with Gasteiger partial charge in [-0.3, -0.25) is 9.52 Å². The molecule has 0 heterocycles. The van der Waals surface area contributed by atoms with Gasteiger partial charge in [0.25, 0.3) is 15.9 Å². The molecule has 3 N–H and O–H groups in total. The summed E-state index contributed by atoms with van der Waals surface area (Å²) in [5.74, 6) is -0.705. The van der Waals surface area contributed by atoms with Gasteiger partial charge in [0.05, 0.1) is 11.3 Å². The summed E-state index contributed by atoms with van der Waals surface area (Å²) in [7, 11) is -3.84. The van der Waals surface area contributed by atoms with E-state index in [9.17, 15) is 13.2 Å². The molecule has 110 valence electrons. The maximum absolute atomic E-state index is 12.4. The van der Waals surface area contributed by atoms with Crippen LogP contribution in [-0.4, -0.2) is 14.3 Å². The van der Waals surface area contributed by atoms with E-state index in [1.807, 2.05) is 0 Å². The molecule has 2 rings (SSSR count). The number of hydrogen-bond donors (Lipinski definition) is 2. The molecule has 0 unspecified atom stereocenters. The molecule has 0 aromatic heterocycles. The monoisotopic (exact) mass is 432 g/mol. The van der Waals surface area contributed by atoms with E-state index >= 15 is 0 Å². The van der Waals surface area contributed by atoms with Crippen molar-refractivity contribution in [2.75, 3.05) is 4.72 Å². The Bertz CT molecular complexity index is 807. The van der Waals surface area contributed by atoms with Crippen LogP contribution >= 0.6 is 31.9 Å². The number of anilines is 1. The molecule has 0 radical (unpaired) electrons. The summed E-state index contributed by atoms with van der Waals surface area (Å²) < 4.78 is 28.3. The molecule has 1 amide bonds. The van der Waals surface area contributed by atoms with Crippen LogP contribution in [0.1, 0.15) is 10.4 Å². The molecule has 0 aliphatic heterocycles. The molecule has 0 aliphatic carbocycles. The SMILES string of the molecule is NC(=O)c1ccccc1NS(=O)(=O)c1ccc(Br)cc1Br. The predicted molar refractivity (Wildman–Crippen MR) is 87.6 cm³/mol.